The largest absolute Gasteiger partial charge is 0.310 e. The minimum absolute atomic E-state index is 1.11. The van der Waals surface area contributed by atoms with Gasteiger partial charge in [-0.1, -0.05) is 195 Å². The van der Waals surface area contributed by atoms with Gasteiger partial charge in [-0.15, -0.1) is 0 Å². The van der Waals surface area contributed by atoms with Crippen LogP contribution < -0.4 is 20.2 Å². The summed E-state index contributed by atoms with van der Waals surface area (Å²) in [5.74, 6) is 0. The summed E-state index contributed by atoms with van der Waals surface area (Å²) in [5.41, 5.74) is 11.5. The number of para-hydroxylation sites is 2. The maximum atomic E-state index is 2.47. The summed E-state index contributed by atoms with van der Waals surface area (Å²) >= 11 is 0. The molecule has 0 bridgehead atoms. The maximum absolute atomic E-state index is 2.47. The standard InChI is InChI=1S/C72H60N2Si2/c1-75(2,3)65-35-29-61(30-36-65)73(59-21-9-7-10-22-59)63-33-39-67-69(47-63)71(55-27-25-53-41-49-17-13-15-19-51(49)43-57(53)45-55)68-40-34-64(74(60-23-11-8-12-24-60)62-31-37-66(38-32-62)76(4,5)6)48-70(68)72(67)56-28-26-54-42-50-18-14-16-20-52(50)44-58(54)46-56/h7-48H,1-6H3. The van der Waals surface area contributed by atoms with E-state index in [0.717, 1.165) is 34.1 Å². The van der Waals surface area contributed by atoms with Gasteiger partial charge in [0.05, 0.1) is 16.1 Å². The third-order valence-electron chi connectivity index (χ3n) is 15.6. The number of benzene rings is 13. The Morgan fingerprint density at radius 1 is 0.224 bits per heavy atom. The van der Waals surface area contributed by atoms with Crippen LogP contribution in [0.15, 0.2) is 255 Å². The van der Waals surface area contributed by atoms with Gasteiger partial charge in [-0.25, -0.2) is 0 Å². The summed E-state index contributed by atoms with van der Waals surface area (Å²) in [6.07, 6.45) is 0. The van der Waals surface area contributed by atoms with E-state index in [2.05, 4.69) is 304 Å². The molecule has 0 spiro atoms. The van der Waals surface area contributed by atoms with Crippen LogP contribution in [0.2, 0.25) is 39.3 Å². The third kappa shape index (κ3) is 8.63. The Labute approximate surface area is 448 Å². The first-order chi connectivity index (χ1) is 36.9. The molecule has 0 N–H and O–H groups in total. The van der Waals surface area contributed by atoms with E-state index in [1.165, 1.54) is 97.3 Å². The summed E-state index contributed by atoms with van der Waals surface area (Å²) < 4.78 is 0. The molecule has 13 rings (SSSR count). The molecule has 0 radical (unpaired) electrons. The van der Waals surface area contributed by atoms with Crippen molar-refractivity contribution in [3.63, 3.8) is 0 Å². The Bertz CT molecular complexity index is 4060. The van der Waals surface area contributed by atoms with Crippen molar-refractivity contribution in [3.05, 3.63) is 255 Å². The van der Waals surface area contributed by atoms with E-state index in [1.807, 2.05) is 0 Å². The second kappa shape index (κ2) is 18.7. The maximum Gasteiger partial charge on any atom is 0.0775 e. The lowest BCUT2D eigenvalue weighted by Crippen LogP contribution is -2.37. The fourth-order valence-corrected chi connectivity index (χ4v) is 13.9. The van der Waals surface area contributed by atoms with Crippen molar-refractivity contribution in [3.8, 4) is 22.3 Å². The van der Waals surface area contributed by atoms with E-state index in [1.54, 1.807) is 0 Å². The fraction of sp³-hybridized carbons (Fsp3) is 0.0833. The Hall–Kier alpha value is -8.55. The van der Waals surface area contributed by atoms with E-state index in [4.69, 9.17) is 0 Å². The van der Waals surface area contributed by atoms with Crippen LogP contribution in [-0.4, -0.2) is 16.1 Å². The van der Waals surface area contributed by atoms with Crippen LogP contribution in [0.4, 0.5) is 34.1 Å². The Balaban J connectivity index is 1.13. The zero-order valence-electron chi connectivity index (χ0n) is 44.1. The molecule has 0 saturated carbocycles. The molecule has 0 aromatic heterocycles. The first-order valence-corrected chi connectivity index (χ1v) is 33.7. The molecule has 0 amide bonds. The van der Waals surface area contributed by atoms with Crippen LogP contribution in [0.1, 0.15) is 0 Å². The van der Waals surface area contributed by atoms with E-state index in [-0.39, 0.29) is 0 Å². The van der Waals surface area contributed by atoms with Crippen LogP contribution in [0.5, 0.6) is 0 Å². The van der Waals surface area contributed by atoms with Crippen molar-refractivity contribution >= 4 is 125 Å². The van der Waals surface area contributed by atoms with Gasteiger partial charge >= 0.3 is 0 Å². The van der Waals surface area contributed by atoms with Gasteiger partial charge in [0.15, 0.2) is 0 Å². The molecule has 0 unspecified atom stereocenters. The highest BCUT2D eigenvalue weighted by Crippen LogP contribution is 2.49. The lowest BCUT2D eigenvalue weighted by molar-refractivity contribution is 1.29. The smallest absolute Gasteiger partial charge is 0.0775 e. The fourth-order valence-electron chi connectivity index (χ4n) is 11.6. The third-order valence-corrected chi connectivity index (χ3v) is 19.7. The Morgan fingerprint density at radius 3 is 0.882 bits per heavy atom. The van der Waals surface area contributed by atoms with Crippen molar-refractivity contribution in [2.75, 3.05) is 9.80 Å². The topological polar surface area (TPSA) is 6.48 Å². The van der Waals surface area contributed by atoms with Crippen molar-refractivity contribution in [1.29, 1.82) is 0 Å². The SMILES string of the molecule is C[Si](C)(C)c1ccc(N(c2ccccc2)c2ccc3c(-c4ccc5cc6ccccc6cc5c4)c4cc(N(c5ccccc5)c5ccc([Si](C)(C)C)cc5)ccc4c(-c4ccc5cc6ccccc6cc5c4)c3c2)cc1. The molecule has 13 aromatic carbocycles. The summed E-state index contributed by atoms with van der Waals surface area (Å²) in [6.45, 7) is 14.5. The molecular formula is C72H60N2Si2. The summed E-state index contributed by atoms with van der Waals surface area (Å²) in [7, 11) is -3.08. The number of fused-ring (bicyclic) bond motifs is 6. The van der Waals surface area contributed by atoms with E-state index < -0.39 is 16.1 Å². The Morgan fingerprint density at radius 2 is 0.526 bits per heavy atom. The molecule has 0 atom stereocenters. The molecule has 2 nitrogen and oxygen atoms in total. The van der Waals surface area contributed by atoms with Crippen molar-refractivity contribution < 1.29 is 0 Å². The van der Waals surface area contributed by atoms with Gasteiger partial charge in [0.1, 0.15) is 0 Å². The number of rotatable bonds is 10. The average molecular weight is 1010 g/mol. The molecule has 0 heterocycles. The van der Waals surface area contributed by atoms with E-state index >= 15 is 0 Å². The summed E-state index contributed by atoms with van der Waals surface area (Å²) in [5, 5.41) is 17.6. The van der Waals surface area contributed by atoms with Gasteiger partial charge < -0.3 is 9.80 Å². The molecule has 0 fully saturated rings. The van der Waals surface area contributed by atoms with E-state index in [9.17, 15) is 0 Å². The van der Waals surface area contributed by atoms with E-state index in [0.29, 0.717) is 0 Å². The van der Waals surface area contributed by atoms with Crippen LogP contribution in [-0.2, 0) is 0 Å². The summed E-state index contributed by atoms with van der Waals surface area (Å²) in [4.78, 5) is 4.87. The molecule has 0 aliphatic rings. The van der Waals surface area contributed by atoms with Crippen molar-refractivity contribution in [2.24, 2.45) is 0 Å². The lowest BCUT2D eigenvalue weighted by atomic mass is 9.84. The van der Waals surface area contributed by atoms with Gasteiger partial charge in [-0.2, -0.15) is 0 Å². The van der Waals surface area contributed by atoms with Crippen LogP contribution in [0.3, 0.4) is 0 Å². The second-order valence-electron chi connectivity index (χ2n) is 22.7. The number of anilines is 6. The van der Waals surface area contributed by atoms with Gasteiger partial charge in [0, 0.05) is 34.1 Å². The monoisotopic (exact) mass is 1010 g/mol. The highest BCUT2D eigenvalue weighted by Gasteiger charge is 2.24. The minimum Gasteiger partial charge on any atom is -0.310 e. The molecule has 0 aliphatic heterocycles. The molecule has 13 aromatic rings. The molecular weight excluding hydrogens is 949 g/mol. The molecule has 0 aliphatic carbocycles. The van der Waals surface area contributed by atoms with Gasteiger partial charge in [0.25, 0.3) is 0 Å². The highest BCUT2D eigenvalue weighted by molar-refractivity contribution is 6.89. The van der Waals surface area contributed by atoms with Crippen LogP contribution in [0, 0.1) is 0 Å². The first kappa shape index (κ1) is 47.2. The second-order valence-corrected chi connectivity index (χ2v) is 32.8. The quantitative estimate of drug-likeness (QED) is 0.0995. The minimum atomic E-state index is -1.54. The molecule has 4 heteroatoms. The predicted molar refractivity (Wildman–Crippen MR) is 338 cm³/mol. The zero-order valence-corrected chi connectivity index (χ0v) is 46.1. The Kier molecular flexibility index (Phi) is 11.6. The van der Waals surface area contributed by atoms with Crippen molar-refractivity contribution in [1.82, 2.24) is 0 Å². The molecule has 366 valence electrons. The average Bonchev–Trinajstić information content (AvgIpc) is 3.57. The molecule has 0 saturated heterocycles. The zero-order chi connectivity index (χ0) is 51.7. The van der Waals surface area contributed by atoms with Crippen molar-refractivity contribution in [2.45, 2.75) is 39.3 Å². The van der Waals surface area contributed by atoms with Gasteiger partial charge in [-0.05, 0) is 196 Å². The number of hydrogen-bond acceptors (Lipinski definition) is 2. The van der Waals surface area contributed by atoms with Crippen LogP contribution in [0.25, 0.3) is 86.9 Å². The summed E-state index contributed by atoms with van der Waals surface area (Å²) in [6, 6.07) is 95.9. The number of hydrogen-bond donors (Lipinski definition) is 0. The number of nitrogens with zero attached hydrogens (tertiary/aromatic N) is 2. The molecule has 76 heavy (non-hydrogen) atoms. The van der Waals surface area contributed by atoms with Gasteiger partial charge in [0.2, 0.25) is 0 Å². The van der Waals surface area contributed by atoms with Crippen LogP contribution >= 0.6 is 0 Å². The first-order valence-electron chi connectivity index (χ1n) is 26.7. The lowest BCUT2D eigenvalue weighted by Gasteiger charge is -2.29. The highest BCUT2D eigenvalue weighted by atomic mass is 28.3. The van der Waals surface area contributed by atoms with Gasteiger partial charge in [-0.3, -0.25) is 0 Å². The normalized spacial score (nSPS) is 12.1. The predicted octanol–water partition coefficient (Wildman–Crippen LogP) is 20.0.